The number of allylic oxidation sites excluding steroid dienone is 2. The smallest absolute Gasteiger partial charge is 0.307 e. The van der Waals surface area contributed by atoms with E-state index in [0.29, 0.717) is 25.7 Å². The highest BCUT2D eigenvalue weighted by molar-refractivity contribution is 5.85. The lowest BCUT2D eigenvalue weighted by Gasteiger charge is -2.34. The zero-order valence-corrected chi connectivity index (χ0v) is 9.50. The summed E-state index contributed by atoms with van der Waals surface area (Å²) in [5.74, 6) is -2.21. The number of carboxylic acid groups (broad SMARTS) is 1. The summed E-state index contributed by atoms with van der Waals surface area (Å²) in [5, 5.41) is 21.0. The average Bonchev–Trinajstić information content (AvgIpc) is 2.27. The summed E-state index contributed by atoms with van der Waals surface area (Å²) in [6.45, 7) is 0. The molecule has 1 saturated carbocycles. The van der Waals surface area contributed by atoms with Crippen molar-refractivity contribution in [1.82, 2.24) is 5.32 Å². The first-order valence-corrected chi connectivity index (χ1v) is 5.94. The van der Waals surface area contributed by atoms with Gasteiger partial charge in [-0.05, 0) is 25.7 Å². The molecule has 0 radical (unpaired) electrons. The molecule has 17 heavy (non-hydrogen) atoms. The molecule has 3 N–H and O–H groups in total. The third-order valence-corrected chi connectivity index (χ3v) is 3.55. The summed E-state index contributed by atoms with van der Waals surface area (Å²) in [7, 11) is 0. The molecule has 2 aliphatic rings. The van der Waals surface area contributed by atoms with Gasteiger partial charge in [0, 0.05) is 6.04 Å². The van der Waals surface area contributed by atoms with Crippen LogP contribution in [-0.2, 0) is 9.59 Å². The van der Waals surface area contributed by atoms with Crippen LogP contribution in [0.2, 0.25) is 0 Å². The fraction of sp³-hybridized carbons (Fsp3) is 0.667. The van der Waals surface area contributed by atoms with Gasteiger partial charge in [-0.25, -0.2) is 0 Å². The highest BCUT2D eigenvalue weighted by Crippen LogP contribution is 2.27. The second-order valence-corrected chi connectivity index (χ2v) is 4.82. The molecule has 0 bridgehead atoms. The van der Waals surface area contributed by atoms with E-state index in [2.05, 4.69) is 5.32 Å². The van der Waals surface area contributed by atoms with Gasteiger partial charge in [-0.1, -0.05) is 12.2 Å². The van der Waals surface area contributed by atoms with Gasteiger partial charge in [-0.2, -0.15) is 0 Å². The Morgan fingerprint density at radius 3 is 2.24 bits per heavy atom. The molecule has 2 atom stereocenters. The molecule has 5 nitrogen and oxygen atoms in total. The predicted molar refractivity (Wildman–Crippen MR) is 60.2 cm³/mol. The fourth-order valence-corrected chi connectivity index (χ4v) is 2.39. The molecule has 2 aliphatic carbocycles. The van der Waals surface area contributed by atoms with Crippen molar-refractivity contribution in [3.8, 4) is 0 Å². The van der Waals surface area contributed by atoms with E-state index in [0.717, 1.165) is 0 Å². The van der Waals surface area contributed by atoms with E-state index in [4.69, 9.17) is 10.2 Å². The number of aliphatic hydroxyl groups excluding tert-OH is 1. The quantitative estimate of drug-likeness (QED) is 0.618. The van der Waals surface area contributed by atoms with Crippen LogP contribution in [0, 0.1) is 11.8 Å². The van der Waals surface area contributed by atoms with Crippen LogP contribution >= 0.6 is 0 Å². The van der Waals surface area contributed by atoms with Gasteiger partial charge in [0.2, 0.25) is 5.91 Å². The Labute approximate surface area is 99.5 Å². The maximum absolute atomic E-state index is 11.9. The van der Waals surface area contributed by atoms with Crippen LogP contribution < -0.4 is 5.32 Å². The Morgan fingerprint density at radius 1 is 1.12 bits per heavy atom. The number of aliphatic carboxylic acids is 1. The standard InChI is InChI=1S/C12H17NO4/c14-8-5-7(6-8)13-11(15)9-3-1-2-4-10(9)12(16)17/h1-2,7-10,14H,3-6H2,(H,13,15)(H,16,17)/t7?,8?,9-,10+/m1/s1. The molecule has 0 unspecified atom stereocenters. The highest BCUT2D eigenvalue weighted by Gasteiger charge is 2.36. The van der Waals surface area contributed by atoms with E-state index in [1.54, 1.807) is 0 Å². The molecule has 94 valence electrons. The van der Waals surface area contributed by atoms with E-state index in [1.165, 1.54) is 0 Å². The first kappa shape index (κ1) is 12.1. The van der Waals surface area contributed by atoms with Crippen molar-refractivity contribution in [1.29, 1.82) is 0 Å². The first-order valence-electron chi connectivity index (χ1n) is 5.94. The van der Waals surface area contributed by atoms with Gasteiger partial charge in [0.05, 0.1) is 17.9 Å². The third-order valence-electron chi connectivity index (χ3n) is 3.55. The van der Waals surface area contributed by atoms with E-state index >= 15 is 0 Å². The van der Waals surface area contributed by atoms with Crippen molar-refractivity contribution in [2.75, 3.05) is 0 Å². The fourth-order valence-electron chi connectivity index (χ4n) is 2.39. The van der Waals surface area contributed by atoms with Gasteiger partial charge in [-0.3, -0.25) is 9.59 Å². The lowest BCUT2D eigenvalue weighted by Crippen LogP contribution is -2.50. The summed E-state index contributed by atoms with van der Waals surface area (Å²) in [5.41, 5.74) is 0. The maximum atomic E-state index is 11.9. The normalized spacial score (nSPS) is 36.1. The number of carbonyl (C=O) groups excluding carboxylic acids is 1. The number of rotatable bonds is 3. The maximum Gasteiger partial charge on any atom is 0.307 e. The second-order valence-electron chi connectivity index (χ2n) is 4.82. The Bertz CT molecular complexity index is 346. The van der Waals surface area contributed by atoms with Gasteiger partial charge in [0.1, 0.15) is 0 Å². The number of hydrogen-bond acceptors (Lipinski definition) is 3. The summed E-state index contributed by atoms with van der Waals surface area (Å²) < 4.78 is 0. The van der Waals surface area contributed by atoms with E-state index in [1.807, 2.05) is 12.2 Å². The van der Waals surface area contributed by atoms with E-state index in [-0.39, 0.29) is 18.1 Å². The van der Waals surface area contributed by atoms with Crippen molar-refractivity contribution >= 4 is 11.9 Å². The van der Waals surface area contributed by atoms with Crippen LogP contribution in [-0.4, -0.2) is 34.2 Å². The summed E-state index contributed by atoms with van der Waals surface area (Å²) in [6.07, 6.45) is 5.41. The SMILES string of the molecule is O=C(O)[C@H]1CC=CC[C@H]1C(=O)NC1CC(O)C1. The Hall–Kier alpha value is -1.36. The number of hydrogen-bond donors (Lipinski definition) is 3. The van der Waals surface area contributed by atoms with Crippen LogP contribution in [0.15, 0.2) is 12.2 Å². The zero-order valence-electron chi connectivity index (χ0n) is 9.50. The zero-order chi connectivity index (χ0) is 12.4. The molecule has 0 spiro atoms. The number of carboxylic acids is 1. The molecule has 1 fully saturated rings. The largest absolute Gasteiger partial charge is 0.481 e. The van der Waals surface area contributed by atoms with Gasteiger partial charge in [0.25, 0.3) is 0 Å². The monoisotopic (exact) mass is 239 g/mol. The minimum atomic E-state index is -0.914. The highest BCUT2D eigenvalue weighted by atomic mass is 16.4. The molecule has 5 heteroatoms. The molecule has 0 aliphatic heterocycles. The van der Waals surface area contributed by atoms with Crippen LogP contribution in [0.25, 0.3) is 0 Å². The van der Waals surface area contributed by atoms with Crippen molar-refractivity contribution < 1.29 is 19.8 Å². The second kappa shape index (κ2) is 4.87. The van der Waals surface area contributed by atoms with Crippen LogP contribution in [0.1, 0.15) is 25.7 Å². The molecule has 0 aromatic carbocycles. The van der Waals surface area contributed by atoms with Gasteiger partial charge < -0.3 is 15.5 Å². The predicted octanol–water partition coefficient (Wildman–Crippen LogP) is 0.293. The lowest BCUT2D eigenvalue weighted by molar-refractivity contribution is -0.147. The topological polar surface area (TPSA) is 86.6 Å². The molecule has 1 amide bonds. The molecule has 0 aromatic heterocycles. The molecule has 0 heterocycles. The van der Waals surface area contributed by atoms with Crippen molar-refractivity contribution in [2.24, 2.45) is 11.8 Å². The van der Waals surface area contributed by atoms with Gasteiger partial charge in [-0.15, -0.1) is 0 Å². The average molecular weight is 239 g/mol. The van der Waals surface area contributed by atoms with Crippen LogP contribution in [0.3, 0.4) is 0 Å². The Morgan fingerprint density at radius 2 is 1.71 bits per heavy atom. The minimum Gasteiger partial charge on any atom is -0.481 e. The summed E-state index contributed by atoms with van der Waals surface area (Å²) in [4.78, 5) is 23.0. The van der Waals surface area contributed by atoms with Crippen molar-refractivity contribution in [2.45, 2.75) is 37.8 Å². The number of nitrogens with one attached hydrogen (secondary N) is 1. The van der Waals surface area contributed by atoms with E-state index in [9.17, 15) is 9.59 Å². The molecule has 0 saturated heterocycles. The molecular formula is C12H17NO4. The summed E-state index contributed by atoms with van der Waals surface area (Å²) >= 11 is 0. The first-order chi connectivity index (χ1) is 8.08. The lowest BCUT2D eigenvalue weighted by atomic mass is 9.81. The number of aliphatic hydroxyl groups is 1. The van der Waals surface area contributed by atoms with Gasteiger partial charge >= 0.3 is 5.97 Å². The Balaban J connectivity index is 1.92. The van der Waals surface area contributed by atoms with Crippen molar-refractivity contribution in [3.63, 3.8) is 0 Å². The van der Waals surface area contributed by atoms with Crippen molar-refractivity contribution in [3.05, 3.63) is 12.2 Å². The molecular weight excluding hydrogens is 222 g/mol. The van der Waals surface area contributed by atoms with Crippen LogP contribution in [0.5, 0.6) is 0 Å². The number of carbonyl (C=O) groups is 2. The minimum absolute atomic E-state index is 0.0119. The van der Waals surface area contributed by atoms with Crippen LogP contribution in [0.4, 0.5) is 0 Å². The summed E-state index contributed by atoms with van der Waals surface area (Å²) in [6, 6.07) is 0.0119. The molecule has 0 aromatic rings. The third kappa shape index (κ3) is 2.66. The molecule has 2 rings (SSSR count). The van der Waals surface area contributed by atoms with Gasteiger partial charge in [0.15, 0.2) is 0 Å². The Kier molecular flexibility index (Phi) is 3.47. The van der Waals surface area contributed by atoms with E-state index < -0.39 is 17.8 Å². The number of amides is 1.